The lowest BCUT2D eigenvalue weighted by Crippen LogP contribution is -2.31. The van der Waals surface area contributed by atoms with E-state index in [0.29, 0.717) is 12.3 Å². The highest BCUT2D eigenvalue weighted by molar-refractivity contribution is 5.77. The summed E-state index contributed by atoms with van der Waals surface area (Å²) in [7, 11) is 2.21. The van der Waals surface area contributed by atoms with Crippen molar-refractivity contribution in [2.24, 2.45) is 10.9 Å². The largest absolute Gasteiger partial charge is 0.306 e. The fourth-order valence-electron chi connectivity index (χ4n) is 4.04. The standard InChI is InChI=1S/C33H48N4/c1-8-11-17-31(28(5)16-12-15-27(4)10-3)18-13-23-37(7)26-32(14-9-2)29(6)35-25-33-20-19-30(21-22-34)24-36-33/h9,11-12,15,17,19-20,24-25,29,32H,2,4,8,10,13-14,16,18,21,23,26H2,1,3,5-7H3/b15-12+,17-11-,31-28+,35-25+/t29?,32-/m0/s1. The van der Waals surface area contributed by atoms with Gasteiger partial charge in [0.2, 0.25) is 0 Å². The molecule has 0 aliphatic rings. The lowest BCUT2D eigenvalue weighted by atomic mass is 9.96. The predicted molar refractivity (Wildman–Crippen MR) is 161 cm³/mol. The summed E-state index contributed by atoms with van der Waals surface area (Å²) in [5, 5.41) is 8.82. The van der Waals surface area contributed by atoms with E-state index in [0.717, 1.165) is 62.9 Å². The molecule has 4 heteroatoms. The molecule has 1 heterocycles. The number of pyridine rings is 1. The van der Waals surface area contributed by atoms with Crippen LogP contribution in [-0.4, -0.2) is 42.3 Å². The Bertz CT molecular complexity index is 973. The minimum atomic E-state index is 0.163. The number of nitrogens with zero attached hydrogens (tertiary/aromatic N) is 4. The lowest BCUT2D eigenvalue weighted by molar-refractivity contribution is 0.256. The van der Waals surface area contributed by atoms with Crippen LogP contribution in [0.2, 0.25) is 0 Å². The third-order valence-corrected chi connectivity index (χ3v) is 6.59. The molecule has 1 unspecified atom stereocenters. The van der Waals surface area contributed by atoms with Gasteiger partial charge in [-0.1, -0.05) is 68.0 Å². The van der Waals surface area contributed by atoms with Crippen molar-refractivity contribution in [1.29, 1.82) is 5.26 Å². The Morgan fingerprint density at radius 1 is 1.24 bits per heavy atom. The maximum absolute atomic E-state index is 8.82. The maximum Gasteiger partial charge on any atom is 0.0808 e. The zero-order valence-corrected chi connectivity index (χ0v) is 23.9. The average molecular weight is 501 g/mol. The zero-order chi connectivity index (χ0) is 27.5. The van der Waals surface area contributed by atoms with Crippen molar-refractivity contribution in [3.05, 3.63) is 89.8 Å². The van der Waals surface area contributed by atoms with Gasteiger partial charge in [-0.2, -0.15) is 5.26 Å². The first-order valence-corrected chi connectivity index (χ1v) is 13.7. The molecule has 4 nitrogen and oxygen atoms in total. The van der Waals surface area contributed by atoms with Gasteiger partial charge in [0.15, 0.2) is 0 Å². The van der Waals surface area contributed by atoms with Crippen molar-refractivity contribution < 1.29 is 0 Å². The summed E-state index contributed by atoms with van der Waals surface area (Å²) >= 11 is 0. The number of nitriles is 1. The number of aromatic nitrogens is 1. The molecule has 200 valence electrons. The number of aliphatic imine (C=N–C) groups is 1. The van der Waals surface area contributed by atoms with Crippen LogP contribution in [0.4, 0.5) is 0 Å². The molecule has 37 heavy (non-hydrogen) atoms. The molecule has 0 saturated carbocycles. The molecule has 0 bridgehead atoms. The monoisotopic (exact) mass is 500 g/mol. The van der Waals surface area contributed by atoms with Gasteiger partial charge in [-0.15, -0.1) is 6.58 Å². The first kappa shape index (κ1) is 32.0. The van der Waals surface area contributed by atoms with E-state index in [1.165, 1.54) is 16.7 Å². The van der Waals surface area contributed by atoms with Crippen molar-refractivity contribution in [2.75, 3.05) is 20.1 Å². The van der Waals surface area contributed by atoms with Gasteiger partial charge in [0.25, 0.3) is 0 Å². The highest BCUT2D eigenvalue weighted by Crippen LogP contribution is 2.19. The van der Waals surface area contributed by atoms with Gasteiger partial charge in [-0.3, -0.25) is 9.98 Å². The van der Waals surface area contributed by atoms with E-state index in [9.17, 15) is 0 Å². The van der Waals surface area contributed by atoms with Crippen LogP contribution < -0.4 is 0 Å². The molecule has 1 aromatic rings. The number of allylic oxidation sites excluding steroid dienone is 8. The van der Waals surface area contributed by atoms with Crippen molar-refractivity contribution in [1.82, 2.24) is 9.88 Å². The maximum atomic E-state index is 8.82. The number of hydrogen-bond donors (Lipinski definition) is 0. The van der Waals surface area contributed by atoms with Gasteiger partial charge >= 0.3 is 0 Å². The average Bonchev–Trinajstić information content (AvgIpc) is 2.89. The summed E-state index contributed by atoms with van der Waals surface area (Å²) in [6.45, 7) is 18.8. The third kappa shape index (κ3) is 13.7. The molecule has 1 rings (SSSR count). The third-order valence-electron chi connectivity index (χ3n) is 6.59. The molecule has 0 aliphatic heterocycles. The Labute approximate surface area is 226 Å². The Morgan fingerprint density at radius 3 is 2.65 bits per heavy atom. The summed E-state index contributed by atoms with van der Waals surface area (Å²) < 4.78 is 0. The summed E-state index contributed by atoms with van der Waals surface area (Å²) in [6, 6.07) is 6.18. The van der Waals surface area contributed by atoms with E-state index >= 15 is 0 Å². The molecule has 0 amide bonds. The lowest BCUT2D eigenvalue weighted by Gasteiger charge is -2.26. The molecule has 0 spiro atoms. The first-order chi connectivity index (χ1) is 17.8. The van der Waals surface area contributed by atoms with Gasteiger partial charge in [-0.05, 0) is 89.1 Å². The fraction of sp³-hybridized carbons (Fsp3) is 0.485. The van der Waals surface area contributed by atoms with Gasteiger partial charge in [-0.25, -0.2) is 0 Å². The number of hydrogen-bond acceptors (Lipinski definition) is 4. The van der Waals surface area contributed by atoms with Crippen LogP contribution in [0.25, 0.3) is 0 Å². The SMILES string of the molecule is C=CC[C@@H](CN(C)CCCC(/C=C\CC)=C(\C)C/C=C/C(=C)CC)C(C)/N=C/c1ccc(CC#N)cn1. The van der Waals surface area contributed by atoms with Crippen molar-refractivity contribution >= 4 is 6.21 Å². The predicted octanol–water partition coefficient (Wildman–Crippen LogP) is 8.05. The van der Waals surface area contributed by atoms with Gasteiger partial charge in [0.1, 0.15) is 0 Å². The Morgan fingerprint density at radius 2 is 2.03 bits per heavy atom. The van der Waals surface area contributed by atoms with E-state index in [4.69, 9.17) is 10.3 Å². The van der Waals surface area contributed by atoms with E-state index < -0.39 is 0 Å². The smallest absolute Gasteiger partial charge is 0.0808 e. The van der Waals surface area contributed by atoms with E-state index in [-0.39, 0.29) is 6.04 Å². The fourth-order valence-corrected chi connectivity index (χ4v) is 4.04. The summed E-state index contributed by atoms with van der Waals surface area (Å²) in [5.74, 6) is 0.394. The van der Waals surface area contributed by atoms with Crippen LogP contribution in [0.15, 0.2) is 83.6 Å². The van der Waals surface area contributed by atoms with Gasteiger partial charge in [0.05, 0.1) is 24.2 Å². The van der Waals surface area contributed by atoms with Crippen LogP contribution in [0.3, 0.4) is 0 Å². The normalized spacial score (nSPS) is 14.3. The molecule has 0 aromatic carbocycles. The molecular weight excluding hydrogens is 452 g/mol. The molecule has 0 aliphatic carbocycles. The molecule has 0 N–H and O–H groups in total. The molecule has 0 saturated heterocycles. The Kier molecular flexibility index (Phi) is 16.5. The number of rotatable bonds is 18. The quantitative estimate of drug-likeness (QED) is 0.116. The molecule has 0 fully saturated rings. The highest BCUT2D eigenvalue weighted by Gasteiger charge is 2.17. The summed E-state index contributed by atoms with van der Waals surface area (Å²) in [6.07, 6.45) is 21.1. The van der Waals surface area contributed by atoms with Crippen molar-refractivity contribution in [3.8, 4) is 6.07 Å². The second kappa shape index (κ2) is 19.1. The van der Waals surface area contributed by atoms with Gasteiger partial charge in [0, 0.05) is 19.0 Å². The topological polar surface area (TPSA) is 52.3 Å². The molecule has 2 atom stereocenters. The van der Waals surface area contributed by atoms with Crippen LogP contribution in [0, 0.1) is 17.2 Å². The Hall–Kier alpha value is -3.03. The Balaban J connectivity index is 2.69. The van der Waals surface area contributed by atoms with Gasteiger partial charge < -0.3 is 4.90 Å². The van der Waals surface area contributed by atoms with E-state index in [1.807, 2.05) is 24.4 Å². The second-order valence-corrected chi connectivity index (χ2v) is 9.83. The van der Waals surface area contributed by atoms with Crippen LogP contribution in [0.1, 0.15) is 77.5 Å². The van der Waals surface area contributed by atoms with E-state index in [1.54, 1.807) is 6.20 Å². The van der Waals surface area contributed by atoms with Crippen LogP contribution in [0.5, 0.6) is 0 Å². The van der Waals surface area contributed by atoms with Crippen molar-refractivity contribution in [3.63, 3.8) is 0 Å². The minimum absolute atomic E-state index is 0.163. The van der Waals surface area contributed by atoms with Crippen LogP contribution in [-0.2, 0) is 6.42 Å². The molecule has 1 aromatic heterocycles. The highest BCUT2D eigenvalue weighted by atomic mass is 15.1. The van der Waals surface area contributed by atoms with Crippen LogP contribution >= 0.6 is 0 Å². The first-order valence-electron chi connectivity index (χ1n) is 13.7. The zero-order valence-electron chi connectivity index (χ0n) is 23.9. The second-order valence-electron chi connectivity index (χ2n) is 9.83. The molecule has 0 radical (unpaired) electrons. The summed E-state index contributed by atoms with van der Waals surface area (Å²) in [4.78, 5) is 11.6. The summed E-state index contributed by atoms with van der Waals surface area (Å²) in [5.41, 5.74) is 5.82. The van der Waals surface area contributed by atoms with Crippen molar-refractivity contribution in [2.45, 2.75) is 78.7 Å². The molecular formula is C33H48N4. The minimum Gasteiger partial charge on any atom is -0.306 e. The van der Waals surface area contributed by atoms with E-state index in [2.05, 4.69) is 88.2 Å².